The molecule has 12 heteroatoms. The smallest absolute Gasteiger partial charge is 0.480 e. The van der Waals surface area contributed by atoms with Crippen LogP contribution in [-0.4, -0.2) is 60.5 Å². The first-order valence-corrected chi connectivity index (χ1v) is 11.1. The van der Waals surface area contributed by atoms with E-state index in [1.807, 2.05) is 0 Å². The Bertz CT molecular complexity index is 884. The van der Waals surface area contributed by atoms with Gasteiger partial charge in [0.25, 0.3) is 0 Å². The van der Waals surface area contributed by atoms with Gasteiger partial charge in [-0.3, -0.25) is 4.79 Å². The van der Waals surface area contributed by atoms with Gasteiger partial charge >= 0.3 is 24.4 Å². The molecule has 0 bridgehead atoms. The van der Waals surface area contributed by atoms with Crippen molar-refractivity contribution in [1.82, 2.24) is 0 Å². The molecule has 0 spiro atoms. The number of rotatable bonds is 11. The molecule has 196 valence electrons. The minimum Gasteiger partial charge on any atom is -0.480 e. The summed E-state index contributed by atoms with van der Waals surface area (Å²) in [5.74, 6) is -2.59. The molecule has 1 aromatic rings. The summed E-state index contributed by atoms with van der Waals surface area (Å²) in [5, 5.41) is 9.52. The number of hydrogen-bond donors (Lipinski definition) is 2. The Balaban J connectivity index is 3.33. The van der Waals surface area contributed by atoms with Gasteiger partial charge in [-0.05, 0) is 65.7 Å². The van der Waals surface area contributed by atoms with Crippen LogP contribution in [0.2, 0.25) is 0 Å². The van der Waals surface area contributed by atoms with Crippen LogP contribution in [-0.2, 0) is 23.7 Å². The predicted octanol–water partition coefficient (Wildman–Crippen LogP) is 3.98. The van der Waals surface area contributed by atoms with E-state index in [4.69, 9.17) is 34.2 Å². The number of ether oxygens (including phenoxy) is 6. The molecule has 0 radical (unpaired) electrons. The molecule has 0 saturated carbocycles. The van der Waals surface area contributed by atoms with Crippen LogP contribution in [0.15, 0.2) is 18.2 Å². The zero-order valence-electron chi connectivity index (χ0n) is 20.6. The van der Waals surface area contributed by atoms with Crippen LogP contribution >= 0.6 is 0 Å². The van der Waals surface area contributed by atoms with Crippen LogP contribution in [0.1, 0.15) is 59.4 Å². The van der Waals surface area contributed by atoms with E-state index < -0.39 is 54.7 Å². The standard InChI is InChI=1S/C23H33NO11/c1-7-30-21(27)33-14(6)10-16(19(24)20(25)26)15-8-9-17(34-22(28)31-12(2)3)18(11-15)35-23(29)32-13(4)5/h8-9,11-14,16,19H,7,10,24H2,1-6H3,(H,25,26)/t14?,16?,19-/m0/s1. The van der Waals surface area contributed by atoms with Crippen molar-refractivity contribution in [2.45, 2.75) is 78.2 Å². The SMILES string of the molecule is CCOC(=O)OC(C)CC(c1ccc(OC(=O)OC(C)C)c(OC(=O)OC(C)C)c1)[C@H](N)C(=O)O. The first-order chi connectivity index (χ1) is 16.3. The molecule has 0 aliphatic heterocycles. The Labute approximate surface area is 203 Å². The molecule has 0 amide bonds. The predicted molar refractivity (Wildman–Crippen MR) is 121 cm³/mol. The fourth-order valence-corrected chi connectivity index (χ4v) is 2.92. The summed E-state index contributed by atoms with van der Waals surface area (Å²) in [7, 11) is 0. The third kappa shape index (κ3) is 10.5. The van der Waals surface area contributed by atoms with E-state index in [0.29, 0.717) is 5.56 Å². The van der Waals surface area contributed by atoms with Gasteiger partial charge < -0.3 is 39.3 Å². The molecule has 0 aliphatic carbocycles. The number of aliphatic carboxylic acids is 1. The highest BCUT2D eigenvalue weighted by molar-refractivity contribution is 5.75. The molecule has 0 aliphatic rings. The second-order valence-electron chi connectivity index (χ2n) is 8.06. The van der Waals surface area contributed by atoms with Crippen LogP contribution in [0.4, 0.5) is 14.4 Å². The van der Waals surface area contributed by atoms with E-state index in [-0.39, 0.29) is 24.5 Å². The quantitative estimate of drug-likeness (QED) is 0.255. The Kier molecular flexibility index (Phi) is 11.8. The summed E-state index contributed by atoms with van der Waals surface area (Å²) < 4.78 is 30.1. The average molecular weight is 500 g/mol. The highest BCUT2D eigenvalue weighted by atomic mass is 16.8. The van der Waals surface area contributed by atoms with Crippen molar-refractivity contribution in [2.75, 3.05) is 6.61 Å². The van der Waals surface area contributed by atoms with Gasteiger partial charge in [0.15, 0.2) is 11.5 Å². The lowest BCUT2D eigenvalue weighted by Gasteiger charge is -2.25. The lowest BCUT2D eigenvalue weighted by atomic mass is 9.87. The maximum Gasteiger partial charge on any atom is 0.514 e. The van der Waals surface area contributed by atoms with Crippen molar-refractivity contribution in [3.63, 3.8) is 0 Å². The fraction of sp³-hybridized carbons (Fsp3) is 0.565. The molecule has 0 fully saturated rings. The minimum absolute atomic E-state index is 0.00223. The molecule has 1 rings (SSSR count). The highest BCUT2D eigenvalue weighted by Crippen LogP contribution is 2.35. The minimum atomic E-state index is -1.41. The van der Waals surface area contributed by atoms with E-state index in [2.05, 4.69) is 0 Å². The molecule has 0 aromatic heterocycles. The third-order valence-corrected chi connectivity index (χ3v) is 4.31. The topological polar surface area (TPSA) is 170 Å². The van der Waals surface area contributed by atoms with Crippen molar-refractivity contribution in [3.8, 4) is 11.5 Å². The molecule has 3 N–H and O–H groups in total. The molecule has 12 nitrogen and oxygen atoms in total. The second kappa shape index (κ2) is 14.0. The number of carboxylic acid groups (broad SMARTS) is 1. The number of carbonyl (C=O) groups is 4. The molecular formula is C23H33NO11. The molecule has 0 heterocycles. The number of carbonyl (C=O) groups excluding carboxylic acids is 3. The summed E-state index contributed by atoms with van der Waals surface area (Å²) >= 11 is 0. The molecule has 0 saturated heterocycles. The molecule has 2 unspecified atom stereocenters. The van der Waals surface area contributed by atoms with E-state index in [0.717, 1.165) is 0 Å². The van der Waals surface area contributed by atoms with Crippen LogP contribution in [0.3, 0.4) is 0 Å². The number of benzene rings is 1. The lowest BCUT2D eigenvalue weighted by Crippen LogP contribution is -2.38. The van der Waals surface area contributed by atoms with Crippen molar-refractivity contribution in [3.05, 3.63) is 23.8 Å². The second-order valence-corrected chi connectivity index (χ2v) is 8.06. The van der Waals surface area contributed by atoms with Gasteiger partial charge in [-0.2, -0.15) is 0 Å². The third-order valence-electron chi connectivity index (χ3n) is 4.31. The van der Waals surface area contributed by atoms with Gasteiger partial charge in [0, 0.05) is 5.92 Å². The molecular weight excluding hydrogens is 466 g/mol. The summed E-state index contributed by atoms with van der Waals surface area (Å²) in [4.78, 5) is 47.4. The van der Waals surface area contributed by atoms with Crippen LogP contribution < -0.4 is 15.2 Å². The van der Waals surface area contributed by atoms with Crippen LogP contribution in [0.25, 0.3) is 0 Å². The largest absolute Gasteiger partial charge is 0.514 e. The van der Waals surface area contributed by atoms with Gasteiger partial charge in [-0.1, -0.05) is 6.07 Å². The van der Waals surface area contributed by atoms with Crippen molar-refractivity contribution in [1.29, 1.82) is 0 Å². The van der Waals surface area contributed by atoms with E-state index in [1.165, 1.54) is 18.2 Å². The summed E-state index contributed by atoms with van der Waals surface area (Å²) in [6.07, 6.45) is -4.74. The van der Waals surface area contributed by atoms with E-state index in [9.17, 15) is 24.3 Å². The van der Waals surface area contributed by atoms with Crippen LogP contribution in [0.5, 0.6) is 11.5 Å². The number of carboxylic acids is 1. The van der Waals surface area contributed by atoms with Crippen molar-refractivity contribution in [2.24, 2.45) is 5.73 Å². The highest BCUT2D eigenvalue weighted by Gasteiger charge is 2.30. The molecule has 1 aromatic carbocycles. The first-order valence-electron chi connectivity index (χ1n) is 11.1. The number of nitrogens with two attached hydrogens (primary N) is 1. The van der Waals surface area contributed by atoms with Gasteiger partial charge in [0.2, 0.25) is 0 Å². The van der Waals surface area contributed by atoms with Gasteiger partial charge in [-0.15, -0.1) is 0 Å². The Morgan fingerprint density at radius 1 is 0.857 bits per heavy atom. The van der Waals surface area contributed by atoms with E-state index in [1.54, 1.807) is 41.5 Å². The zero-order valence-corrected chi connectivity index (χ0v) is 20.6. The zero-order chi connectivity index (χ0) is 26.7. The summed E-state index contributed by atoms with van der Waals surface area (Å²) in [5.41, 5.74) is 6.23. The van der Waals surface area contributed by atoms with Gasteiger partial charge in [0.1, 0.15) is 12.1 Å². The maximum absolute atomic E-state index is 12.1. The maximum atomic E-state index is 12.1. The fourth-order valence-electron chi connectivity index (χ4n) is 2.92. The Morgan fingerprint density at radius 3 is 1.89 bits per heavy atom. The summed E-state index contributed by atoms with van der Waals surface area (Å²) in [6.45, 7) is 9.75. The Hall–Kier alpha value is -3.54. The van der Waals surface area contributed by atoms with Crippen molar-refractivity contribution < 1.29 is 52.7 Å². The van der Waals surface area contributed by atoms with Gasteiger partial charge in [-0.25, -0.2) is 14.4 Å². The Morgan fingerprint density at radius 2 is 1.40 bits per heavy atom. The van der Waals surface area contributed by atoms with Crippen LogP contribution in [0, 0.1) is 0 Å². The average Bonchev–Trinajstić information content (AvgIpc) is 2.71. The molecule has 35 heavy (non-hydrogen) atoms. The van der Waals surface area contributed by atoms with Gasteiger partial charge in [0.05, 0.1) is 18.8 Å². The summed E-state index contributed by atoms with van der Waals surface area (Å²) in [6, 6.07) is 2.64. The normalized spacial score (nSPS) is 13.4. The molecule has 3 atom stereocenters. The van der Waals surface area contributed by atoms with E-state index >= 15 is 0 Å². The monoisotopic (exact) mass is 499 g/mol. The number of hydrogen-bond acceptors (Lipinski definition) is 11. The van der Waals surface area contributed by atoms with Crippen molar-refractivity contribution >= 4 is 24.4 Å². The lowest BCUT2D eigenvalue weighted by molar-refractivity contribution is -0.139. The first kappa shape index (κ1) is 29.5.